The van der Waals surface area contributed by atoms with Gasteiger partial charge in [-0.2, -0.15) is 5.26 Å². The molecule has 1 aromatic carbocycles. The summed E-state index contributed by atoms with van der Waals surface area (Å²) in [5, 5.41) is 14.9. The van der Waals surface area contributed by atoms with Crippen molar-refractivity contribution >= 4 is 23.3 Å². The normalized spacial score (nSPS) is 20.7. The Labute approximate surface area is 163 Å². The summed E-state index contributed by atoms with van der Waals surface area (Å²) in [4.78, 5) is 34.5. The maximum Gasteiger partial charge on any atom is 0.251 e. The van der Waals surface area contributed by atoms with Gasteiger partial charge in [0.2, 0.25) is 5.91 Å². The molecule has 0 radical (unpaired) electrons. The number of hydrogen-bond donors (Lipinski definition) is 2. The quantitative estimate of drug-likeness (QED) is 0.847. The van der Waals surface area contributed by atoms with E-state index >= 15 is 0 Å². The maximum atomic E-state index is 12.3. The Hall–Kier alpha value is -3.47. The molecule has 3 rings (SSSR count). The van der Waals surface area contributed by atoms with E-state index in [4.69, 9.17) is 5.26 Å². The van der Waals surface area contributed by atoms with Crippen LogP contribution in [-0.4, -0.2) is 34.9 Å². The van der Waals surface area contributed by atoms with Gasteiger partial charge in [0.1, 0.15) is 11.9 Å². The molecule has 2 amide bonds. The minimum absolute atomic E-state index is 0.0359. The summed E-state index contributed by atoms with van der Waals surface area (Å²) < 4.78 is 0. The summed E-state index contributed by atoms with van der Waals surface area (Å²) in [7, 11) is 1.58. The first-order valence-electron chi connectivity index (χ1n) is 9.01. The van der Waals surface area contributed by atoms with Crippen molar-refractivity contribution in [2.24, 2.45) is 5.92 Å². The van der Waals surface area contributed by atoms with Gasteiger partial charge in [0.05, 0.1) is 18.4 Å². The van der Waals surface area contributed by atoms with Crippen molar-refractivity contribution in [1.29, 1.82) is 5.26 Å². The molecule has 1 aliphatic rings. The summed E-state index contributed by atoms with van der Waals surface area (Å²) in [6, 6.07) is 7.03. The first kappa shape index (κ1) is 19.3. The van der Waals surface area contributed by atoms with Crippen molar-refractivity contribution in [1.82, 2.24) is 15.3 Å². The topological polar surface area (TPSA) is 111 Å². The molecule has 0 spiro atoms. The van der Waals surface area contributed by atoms with Gasteiger partial charge in [-0.05, 0) is 30.7 Å². The summed E-state index contributed by atoms with van der Waals surface area (Å²) in [5.41, 5.74) is 2.36. The summed E-state index contributed by atoms with van der Waals surface area (Å²) in [6.45, 7) is 5.59. The second-order valence-electron chi connectivity index (χ2n) is 6.86. The molecule has 8 nitrogen and oxygen atoms in total. The van der Waals surface area contributed by atoms with Crippen molar-refractivity contribution in [3.8, 4) is 6.07 Å². The number of carbonyl (C=O) groups is 2. The van der Waals surface area contributed by atoms with E-state index in [0.717, 1.165) is 11.3 Å². The standard InChI is InChI=1S/C20H22N6O2/c1-11-12(2)26(13(3)27)17-6-5-14(20(28)22-4)7-16(17)19(11)25-18-10-23-15(8-21)9-24-18/h5-7,9-12,19H,1-4H3,(H,22,28)(H,24,25)/t11-,12-,19+/m0/s1. The molecule has 0 fully saturated rings. The van der Waals surface area contributed by atoms with Crippen molar-refractivity contribution in [2.45, 2.75) is 32.9 Å². The van der Waals surface area contributed by atoms with Crippen LogP contribution in [0.2, 0.25) is 0 Å². The van der Waals surface area contributed by atoms with Gasteiger partial charge < -0.3 is 15.5 Å². The first-order chi connectivity index (χ1) is 13.4. The molecule has 2 aromatic rings. The van der Waals surface area contributed by atoms with Crippen LogP contribution in [-0.2, 0) is 4.79 Å². The maximum absolute atomic E-state index is 12.3. The molecule has 1 aromatic heterocycles. The highest BCUT2D eigenvalue weighted by Crippen LogP contribution is 2.42. The van der Waals surface area contributed by atoms with Crippen molar-refractivity contribution < 1.29 is 9.59 Å². The van der Waals surface area contributed by atoms with Gasteiger partial charge in [-0.15, -0.1) is 0 Å². The second-order valence-corrected chi connectivity index (χ2v) is 6.86. The Kier molecular flexibility index (Phi) is 5.27. The largest absolute Gasteiger partial charge is 0.362 e. The fourth-order valence-electron chi connectivity index (χ4n) is 3.61. The van der Waals surface area contributed by atoms with Gasteiger partial charge in [0, 0.05) is 37.2 Å². The smallest absolute Gasteiger partial charge is 0.251 e. The number of rotatable bonds is 3. The van der Waals surface area contributed by atoms with E-state index < -0.39 is 0 Å². The van der Waals surface area contributed by atoms with Crippen LogP contribution in [0.15, 0.2) is 30.6 Å². The molecule has 0 unspecified atom stereocenters. The van der Waals surface area contributed by atoms with E-state index in [-0.39, 0.29) is 35.5 Å². The first-order valence-corrected chi connectivity index (χ1v) is 9.01. The zero-order valence-corrected chi connectivity index (χ0v) is 16.2. The number of carbonyl (C=O) groups excluding carboxylic acids is 2. The fraction of sp³-hybridized carbons (Fsp3) is 0.350. The number of aromatic nitrogens is 2. The lowest BCUT2D eigenvalue weighted by atomic mass is 9.82. The molecule has 0 saturated heterocycles. The summed E-state index contributed by atoms with van der Waals surface area (Å²) in [5.74, 6) is 0.315. The van der Waals surface area contributed by atoms with Crippen LogP contribution >= 0.6 is 0 Å². The van der Waals surface area contributed by atoms with Crippen LogP contribution in [0.3, 0.4) is 0 Å². The van der Waals surface area contributed by atoms with Crippen LogP contribution in [0.1, 0.15) is 48.4 Å². The fourth-order valence-corrected chi connectivity index (χ4v) is 3.61. The lowest BCUT2D eigenvalue weighted by molar-refractivity contribution is -0.117. The van der Waals surface area contributed by atoms with E-state index in [2.05, 4.69) is 20.6 Å². The van der Waals surface area contributed by atoms with Crippen LogP contribution < -0.4 is 15.5 Å². The third-order valence-corrected chi connectivity index (χ3v) is 5.21. The minimum Gasteiger partial charge on any atom is -0.362 e. The van der Waals surface area contributed by atoms with Crippen LogP contribution in [0, 0.1) is 17.2 Å². The molecule has 0 saturated carbocycles. The average molecular weight is 378 g/mol. The second kappa shape index (κ2) is 7.64. The molecule has 1 aliphatic heterocycles. The number of nitrogens with one attached hydrogen (secondary N) is 2. The molecule has 0 bridgehead atoms. The zero-order valence-electron chi connectivity index (χ0n) is 16.2. The molecule has 3 atom stereocenters. The molecular formula is C20H22N6O2. The Bertz CT molecular complexity index is 950. The van der Waals surface area contributed by atoms with E-state index in [9.17, 15) is 9.59 Å². The van der Waals surface area contributed by atoms with E-state index in [1.54, 1.807) is 31.0 Å². The van der Waals surface area contributed by atoms with Gasteiger partial charge in [0.15, 0.2) is 5.69 Å². The number of benzene rings is 1. The number of fused-ring (bicyclic) bond motifs is 1. The van der Waals surface area contributed by atoms with Gasteiger partial charge in [-0.1, -0.05) is 6.92 Å². The Morgan fingerprint density at radius 1 is 1.21 bits per heavy atom. The Morgan fingerprint density at radius 2 is 1.96 bits per heavy atom. The van der Waals surface area contributed by atoms with Gasteiger partial charge >= 0.3 is 0 Å². The average Bonchev–Trinajstić information content (AvgIpc) is 2.70. The molecule has 28 heavy (non-hydrogen) atoms. The number of hydrogen-bond acceptors (Lipinski definition) is 6. The predicted molar refractivity (Wildman–Crippen MR) is 105 cm³/mol. The molecule has 8 heteroatoms. The summed E-state index contributed by atoms with van der Waals surface area (Å²) in [6.07, 6.45) is 2.92. The predicted octanol–water partition coefficient (Wildman–Crippen LogP) is 2.25. The highest BCUT2D eigenvalue weighted by Gasteiger charge is 2.38. The molecule has 2 heterocycles. The van der Waals surface area contributed by atoms with E-state index in [1.165, 1.54) is 12.4 Å². The molecule has 2 N–H and O–H groups in total. The minimum atomic E-state index is -0.194. The third-order valence-electron chi connectivity index (χ3n) is 5.21. The van der Waals surface area contributed by atoms with Crippen molar-refractivity contribution in [2.75, 3.05) is 17.3 Å². The lowest BCUT2D eigenvalue weighted by Crippen LogP contribution is -2.48. The van der Waals surface area contributed by atoms with Gasteiger partial charge in [-0.25, -0.2) is 9.97 Å². The van der Waals surface area contributed by atoms with Crippen molar-refractivity contribution in [3.05, 3.63) is 47.4 Å². The van der Waals surface area contributed by atoms with Crippen LogP contribution in [0.4, 0.5) is 11.5 Å². The highest BCUT2D eigenvalue weighted by molar-refractivity contribution is 5.97. The molecule has 144 valence electrons. The van der Waals surface area contributed by atoms with Gasteiger partial charge in [0.25, 0.3) is 5.91 Å². The van der Waals surface area contributed by atoms with Crippen molar-refractivity contribution in [3.63, 3.8) is 0 Å². The Morgan fingerprint density at radius 3 is 2.54 bits per heavy atom. The number of nitriles is 1. The summed E-state index contributed by atoms with van der Waals surface area (Å²) >= 11 is 0. The SMILES string of the molecule is CNC(=O)c1ccc2c(c1)[C@H](Nc1cnc(C#N)cn1)[C@@H](C)[C@H](C)N2C(C)=O. The number of nitrogens with zero attached hydrogens (tertiary/aromatic N) is 4. The Balaban J connectivity index is 2.08. The lowest BCUT2D eigenvalue weighted by Gasteiger charge is -2.44. The monoisotopic (exact) mass is 378 g/mol. The van der Waals surface area contributed by atoms with Crippen LogP contribution in [0.5, 0.6) is 0 Å². The van der Waals surface area contributed by atoms with E-state index in [0.29, 0.717) is 11.4 Å². The van der Waals surface area contributed by atoms with Crippen LogP contribution in [0.25, 0.3) is 0 Å². The van der Waals surface area contributed by atoms with E-state index in [1.807, 2.05) is 26.0 Å². The molecule has 0 aliphatic carbocycles. The number of anilines is 2. The number of amides is 2. The zero-order chi connectivity index (χ0) is 20.4. The third kappa shape index (κ3) is 3.39. The van der Waals surface area contributed by atoms with Gasteiger partial charge in [-0.3, -0.25) is 9.59 Å². The highest BCUT2D eigenvalue weighted by atomic mass is 16.2. The molecular weight excluding hydrogens is 356 g/mol.